The van der Waals surface area contributed by atoms with Gasteiger partial charge in [0.15, 0.2) is 5.82 Å². The normalized spacial score (nSPS) is 9.93. The highest BCUT2D eigenvalue weighted by atomic mass is 35.5. The zero-order valence-corrected chi connectivity index (χ0v) is 7.22. The summed E-state index contributed by atoms with van der Waals surface area (Å²) in [5, 5.41) is 8.92. The van der Waals surface area contributed by atoms with Crippen molar-refractivity contribution in [2.75, 3.05) is 0 Å². The van der Waals surface area contributed by atoms with Gasteiger partial charge in [0.2, 0.25) is 5.82 Å². The number of halogens is 3. The van der Waals surface area contributed by atoms with Gasteiger partial charge in [-0.3, -0.25) is 14.9 Å². The molecule has 74 valence electrons. The van der Waals surface area contributed by atoms with Crippen molar-refractivity contribution < 1.29 is 18.5 Å². The summed E-state index contributed by atoms with van der Waals surface area (Å²) >= 11 is 4.90. The van der Waals surface area contributed by atoms with E-state index in [2.05, 4.69) is 0 Å². The van der Waals surface area contributed by atoms with Crippen LogP contribution in [0.25, 0.3) is 0 Å². The average Bonchev–Trinajstić information content (AvgIpc) is 2.08. The molecule has 0 saturated carbocycles. The Balaban J connectivity index is 3.41. The maximum absolute atomic E-state index is 12.9. The summed E-state index contributed by atoms with van der Waals surface area (Å²) in [7, 11) is 0. The van der Waals surface area contributed by atoms with Crippen LogP contribution in [0.3, 0.4) is 0 Å². The second-order valence-electron chi connectivity index (χ2n) is 2.29. The number of hydrogen-bond acceptors (Lipinski definition) is 3. The Labute approximate surface area is 81.2 Å². The first-order valence-electron chi connectivity index (χ1n) is 3.27. The van der Waals surface area contributed by atoms with Gasteiger partial charge in [-0.25, -0.2) is 4.39 Å². The quantitative estimate of drug-likeness (QED) is 0.437. The summed E-state index contributed by atoms with van der Waals surface area (Å²) in [6, 6.07) is 1.43. The van der Waals surface area contributed by atoms with Crippen LogP contribution in [-0.2, 0) is 0 Å². The predicted octanol–water partition coefficient (Wildman–Crippen LogP) is 2.25. The van der Waals surface area contributed by atoms with E-state index < -0.39 is 33.1 Å². The minimum absolute atomic E-state index is 0.675. The summed E-state index contributed by atoms with van der Waals surface area (Å²) in [4.78, 5) is 19.5. The van der Waals surface area contributed by atoms with Crippen molar-refractivity contribution in [2.24, 2.45) is 0 Å². The van der Waals surface area contributed by atoms with Gasteiger partial charge in [0.25, 0.3) is 5.24 Å². The van der Waals surface area contributed by atoms with E-state index in [9.17, 15) is 23.7 Å². The Morgan fingerprint density at radius 3 is 2.36 bits per heavy atom. The molecule has 4 nitrogen and oxygen atoms in total. The van der Waals surface area contributed by atoms with E-state index in [4.69, 9.17) is 11.6 Å². The molecule has 0 aliphatic rings. The number of nitro benzene ring substituents is 1. The smallest absolute Gasteiger partial charge is 0.275 e. The lowest BCUT2D eigenvalue weighted by atomic mass is 10.2. The number of rotatable bonds is 2. The average molecular weight is 222 g/mol. The van der Waals surface area contributed by atoms with Crippen LogP contribution in [-0.4, -0.2) is 10.2 Å². The molecule has 1 aromatic carbocycles. The van der Waals surface area contributed by atoms with Crippen LogP contribution >= 0.6 is 11.6 Å². The summed E-state index contributed by atoms with van der Waals surface area (Å²) < 4.78 is 25.7. The fourth-order valence-electron chi connectivity index (χ4n) is 0.832. The minimum Gasteiger partial charge on any atom is -0.275 e. The molecule has 0 N–H and O–H groups in total. The van der Waals surface area contributed by atoms with Crippen LogP contribution in [0.1, 0.15) is 10.4 Å². The molecule has 0 fully saturated rings. The SMILES string of the molecule is O=C(Cl)c1ccc([N+](=O)[O-])c(F)c1F. The van der Waals surface area contributed by atoms with Gasteiger partial charge >= 0.3 is 5.69 Å². The molecule has 14 heavy (non-hydrogen) atoms. The Morgan fingerprint density at radius 1 is 1.36 bits per heavy atom. The molecular weight excluding hydrogens is 220 g/mol. The van der Waals surface area contributed by atoms with Gasteiger partial charge in [0.05, 0.1) is 10.5 Å². The van der Waals surface area contributed by atoms with Crippen molar-refractivity contribution >= 4 is 22.5 Å². The van der Waals surface area contributed by atoms with Gasteiger partial charge in [0, 0.05) is 6.07 Å². The first-order valence-corrected chi connectivity index (χ1v) is 3.65. The Morgan fingerprint density at radius 2 is 1.93 bits per heavy atom. The first kappa shape index (κ1) is 10.5. The maximum atomic E-state index is 12.9. The largest absolute Gasteiger partial charge is 0.307 e. The van der Waals surface area contributed by atoms with Gasteiger partial charge in [-0.2, -0.15) is 4.39 Å². The van der Waals surface area contributed by atoms with E-state index in [0.717, 1.165) is 6.07 Å². The molecule has 0 bridgehead atoms. The lowest BCUT2D eigenvalue weighted by molar-refractivity contribution is -0.387. The third-order valence-corrected chi connectivity index (χ3v) is 1.67. The molecular formula is C7H2ClF2NO3. The van der Waals surface area contributed by atoms with E-state index in [1.807, 2.05) is 0 Å². The maximum Gasteiger partial charge on any atom is 0.307 e. The van der Waals surface area contributed by atoms with Crippen LogP contribution in [0.5, 0.6) is 0 Å². The van der Waals surface area contributed by atoms with Gasteiger partial charge in [-0.15, -0.1) is 0 Å². The molecule has 0 saturated heterocycles. The number of carbonyl (C=O) groups is 1. The summed E-state index contributed by atoms with van der Waals surface area (Å²) in [6.07, 6.45) is 0. The molecule has 0 atom stereocenters. The fourth-order valence-corrected chi connectivity index (χ4v) is 0.978. The first-order chi connectivity index (χ1) is 6.45. The lowest BCUT2D eigenvalue weighted by Crippen LogP contribution is -2.01. The Hall–Kier alpha value is -1.56. The number of hydrogen-bond donors (Lipinski definition) is 0. The Bertz CT molecular complexity index is 383. The molecule has 0 unspecified atom stereocenters. The number of benzene rings is 1. The topological polar surface area (TPSA) is 60.2 Å². The van der Waals surface area contributed by atoms with Crippen molar-refractivity contribution in [2.45, 2.75) is 0 Å². The molecule has 0 heterocycles. The van der Waals surface area contributed by atoms with E-state index in [-0.39, 0.29) is 0 Å². The van der Waals surface area contributed by atoms with Crippen LogP contribution in [0, 0.1) is 21.7 Å². The van der Waals surface area contributed by atoms with Crippen LogP contribution in [0.4, 0.5) is 14.5 Å². The van der Waals surface area contributed by atoms with E-state index in [0.29, 0.717) is 6.07 Å². The van der Waals surface area contributed by atoms with Gasteiger partial charge < -0.3 is 0 Å². The summed E-state index contributed by atoms with van der Waals surface area (Å²) in [5.41, 5.74) is -1.76. The van der Waals surface area contributed by atoms with Crippen molar-refractivity contribution in [3.63, 3.8) is 0 Å². The Kier molecular flexibility index (Phi) is 2.76. The third kappa shape index (κ3) is 1.69. The molecule has 0 aromatic heterocycles. The molecule has 0 aliphatic carbocycles. The summed E-state index contributed by atoms with van der Waals surface area (Å²) in [5.74, 6) is -3.30. The standard InChI is InChI=1S/C7H2ClF2NO3/c8-7(12)3-1-2-4(11(13)14)6(10)5(3)9/h1-2H. The zero-order valence-electron chi connectivity index (χ0n) is 6.46. The van der Waals surface area contributed by atoms with Crippen molar-refractivity contribution in [3.8, 4) is 0 Å². The predicted molar refractivity (Wildman–Crippen MR) is 43.2 cm³/mol. The van der Waals surface area contributed by atoms with Crippen molar-refractivity contribution in [1.29, 1.82) is 0 Å². The minimum atomic E-state index is -1.69. The molecule has 0 radical (unpaired) electrons. The van der Waals surface area contributed by atoms with E-state index in [1.54, 1.807) is 0 Å². The van der Waals surface area contributed by atoms with Crippen LogP contribution in [0.2, 0.25) is 0 Å². The highest BCUT2D eigenvalue weighted by Crippen LogP contribution is 2.23. The van der Waals surface area contributed by atoms with Crippen LogP contribution < -0.4 is 0 Å². The highest BCUT2D eigenvalue weighted by Gasteiger charge is 2.23. The molecule has 1 aromatic rings. The molecule has 1 rings (SSSR count). The zero-order chi connectivity index (χ0) is 10.9. The second-order valence-corrected chi connectivity index (χ2v) is 2.63. The number of carbonyl (C=O) groups excluding carboxylic acids is 1. The summed E-state index contributed by atoms with van der Waals surface area (Å²) in [6.45, 7) is 0. The monoisotopic (exact) mass is 221 g/mol. The van der Waals surface area contributed by atoms with Gasteiger partial charge in [-0.1, -0.05) is 0 Å². The van der Waals surface area contributed by atoms with Crippen molar-refractivity contribution in [1.82, 2.24) is 0 Å². The van der Waals surface area contributed by atoms with E-state index in [1.165, 1.54) is 0 Å². The van der Waals surface area contributed by atoms with Crippen LogP contribution in [0.15, 0.2) is 12.1 Å². The second kappa shape index (κ2) is 3.67. The number of nitrogens with zero attached hydrogens (tertiary/aromatic N) is 1. The van der Waals surface area contributed by atoms with Gasteiger partial charge in [-0.05, 0) is 17.7 Å². The third-order valence-electron chi connectivity index (χ3n) is 1.47. The fraction of sp³-hybridized carbons (Fsp3) is 0. The number of nitro groups is 1. The molecule has 0 aliphatic heterocycles. The molecule has 7 heteroatoms. The highest BCUT2D eigenvalue weighted by molar-refractivity contribution is 6.67. The van der Waals surface area contributed by atoms with Crippen molar-refractivity contribution in [3.05, 3.63) is 39.4 Å². The van der Waals surface area contributed by atoms with Gasteiger partial charge in [0.1, 0.15) is 0 Å². The molecule has 0 spiro atoms. The molecule has 0 amide bonds. The van der Waals surface area contributed by atoms with E-state index >= 15 is 0 Å². The lowest BCUT2D eigenvalue weighted by Gasteiger charge is -1.98.